The molecule has 5 aromatic rings. The number of ether oxygens (including phenoxy) is 1. The molecule has 0 saturated carbocycles. The van der Waals surface area contributed by atoms with Gasteiger partial charge in [-0.1, -0.05) is 29.8 Å². The summed E-state index contributed by atoms with van der Waals surface area (Å²) < 4.78 is 9.91. The highest BCUT2D eigenvalue weighted by molar-refractivity contribution is 5.67. The van der Waals surface area contributed by atoms with E-state index in [4.69, 9.17) is 4.74 Å². The highest BCUT2D eigenvalue weighted by Crippen LogP contribution is 2.33. The number of hydrogen-bond acceptors (Lipinski definition) is 7. The molecule has 1 unspecified atom stereocenters. The van der Waals surface area contributed by atoms with Crippen LogP contribution < -0.4 is 10.1 Å². The van der Waals surface area contributed by atoms with Crippen molar-refractivity contribution in [3.05, 3.63) is 77.9 Å². The monoisotopic (exact) mass is 438 g/mol. The summed E-state index contributed by atoms with van der Waals surface area (Å²) in [5, 5.41) is 16.3. The fourth-order valence-corrected chi connectivity index (χ4v) is 4.25. The standard InChI is InChI=1S/C24H22N8O/c1-15-4-3-5-16(10-15)11-18-14-33-22-13-17(12-21-29-30-23(18)32(21)22)19-6-8-25-24(27-19)28-20-7-9-26-31(20)2/h3-10,12-13,18H,11,14H2,1-2H3,(H,25,27,28). The molecule has 1 N–H and O–H groups in total. The number of nitrogens with zero attached hydrogens (tertiary/aromatic N) is 7. The molecule has 1 aliphatic heterocycles. The zero-order valence-electron chi connectivity index (χ0n) is 18.3. The predicted molar refractivity (Wildman–Crippen MR) is 124 cm³/mol. The Bertz CT molecular complexity index is 1470. The van der Waals surface area contributed by atoms with Crippen LogP contribution >= 0.6 is 0 Å². The first-order chi connectivity index (χ1) is 16.1. The summed E-state index contributed by atoms with van der Waals surface area (Å²) in [6.45, 7) is 2.67. The Kier molecular flexibility index (Phi) is 4.53. The second-order valence-electron chi connectivity index (χ2n) is 8.27. The molecular formula is C24H22N8O. The topological polar surface area (TPSA) is 95.0 Å². The van der Waals surface area contributed by atoms with Gasteiger partial charge < -0.3 is 10.1 Å². The Labute approximate surface area is 190 Å². The molecule has 0 bridgehead atoms. The van der Waals surface area contributed by atoms with Crippen LogP contribution in [0.5, 0.6) is 5.88 Å². The molecule has 33 heavy (non-hydrogen) atoms. The lowest BCUT2D eigenvalue weighted by Crippen LogP contribution is -2.22. The zero-order chi connectivity index (χ0) is 22.4. The Morgan fingerprint density at radius 1 is 1.09 bits per heavy atom. The van der Waals surface area contributed by atoms with E-state index < -0.39 is 0 Å². The Morgan fingerprint density at radius 3 is 2.88 bits per heavy atom. The predicted octanol–water partition coefficient (Wildman–Crippen LogP) is 3.69. The van der Waals surface area contributed by atoms with Gasteiger partial charge in [0.25, 0.3) is 0 Å². The minimum Gasteiger partial charge on any atom is -0.478 e. The van der Waals surface area contributed by atoms with E-state index in [9.17, 15) is 0 Å². The summed E-state index contributed by atoms with van der Waals surface area (Å²) in [7, 11) is 1.86. The first-order valence-electron chi connectivity index (χ1n) is 10.8. The fraction of sp³-hybridized carbons (Fsp3) is 0.208. The highest BCUT2D eigenvalue weighted by Gasteiger charge is 2.27. The third-order valence-electron chi connectivity index (χ3n) is 5.87. The fourth-order valence-electron chi connectivity index (χ4n) is 4.25. The van der Waals surface area contributed by atoms with Gasteiger partial charge in [-0.15, -0.1) is 10.2 Å². The molecule has 9 heteroatoms. The first-order valence-corrected chi connectivity index (χ1v) is 10.8. The molecule has 9 nitrogen and oxygen atoms in total. The largest absolute Gasteiger partial charge is 0.478 e. The maximum Gasteiger partial charge on any atom is 0.228 e. The van der Waals surface area contributed by atoms with Crippen molar-refractivity contribution in [3.63, 3.8) is 0 Å². The first kappa shape index (κ1) is 19.4. The van der Waals surface area contributed by atoms with E-state index >= 15 is 0 Å². The maximum atomic E-state index is 6.17. The second-order valence-corrected chi connectivity index (χ2v) is 8.27. The molecule has 1 atom stereocenters. The second kappa shape index (κ2) is 7.70. The van der Waals surface area contributed by atoms with Gasteiger partial charge in [0.1, 0.15) is 18.2 Å². The van der Waals surface area contributed by atoms with Crippen LogP contribution in [-0.2, 0) is 13.5 Å². The third-order valence-corrected chi connectivity index (χ3v) is 5.87. The minimum absolute atomic E-state index is 0.147. The summed E-state index contributed by atoms with van der Waals surface area (Å²) in [5.41, 5.74) is 4.93. The lowest BCUT2D eigenvalue weighted by Gasteiger charge is -2.23. The van der Waals surface area contributed by atoms with E-state index in [-0.39, 0.29) is 5.92 Å². The van der Waals surface area contributed by atoms with Crippen molar-refractivity contribution in [3.8, 4) is 17.1 Å². The van der Waals surface area contributed by atoms with Crippen molar-refractivity contribution >= 4 is 17.4 Å². The van der Waals surface area contributed by atoms with Gasteiger partial charge in [-0.05, 0) is 31.0 Å². The van der Waals surface area contributed by atoms with E-state index in [0.29, 0.717) is 12.6 Å². The van der Waals surface area contributed by atoms with Gasteiger partial charge in [-0.2, -0.15) is 5.10 Å². The minimum atomic E-state index is 0.147. The lowest BCUT2D eigenvalue weighted by molar-refractivity contribution is 0.245. The zero-order valence-corrected chi connectivity index (χ0v) is 18.3. The number of aryl methyl sites for hydroxylation is 2. The van der Waals surface area contributed by atoms with Crippen LogP contribution in [-0.4, -0.2) is 41.0 Å². The number of aromatic nitrogens is 7. The van der Waals surface area contributed by atoms with Crippen LogP contribution in [0.15, 0.2) is 60.9 Å². The molecule has 5 heterocycles. The molecule has 0 saturated heterocycles. The van der Waals surface area contributed by atoms with Crippen molar-refractivity contribution < 1.29 is 4.74 Å². The molecule has 0 aliphatic carbocycles. The van der Waals surface area contributed by atoms with Gasteiger partial charge in [-0.3, -0.25) is 4.68 Å². The van der Waals surface area contributed by atoms with Crippen LogP contribution in [0.4, 0.5) is 11.8 Å². The van der Waals surface area contributed by atoms with Crippen LogP contribution in [0.1, 0.15) is 22.9 Å². The summed E-state index contributed by atoms with van der Waals surface area (Å²) >= 11 is 0. The number of pyridine rings is 1. The van der Waals surface area contributed by atoms with Crippen molar-refractivity contribution in [2.75, 3.05) is 11.9 Å². The average molecular weight is 438 g/mol. The van der Waals surface area contributed by atoms with Crippen molar-refractivity contribution in [2.24, 2.45) is 7.05 Å². The summed E-state index contributed by atoms with van der Waals surface area (Å²) in [6.07, 6.45) is 4.31. The van der Waals surface area contributed by atoms with Crippen molar-refractivity contribution in [1.82, 2.24) is 34.3 Å². The molecule has 0 spiro atoms. The van der Waals surface area contributed by atoms with Crippen LogP contribution in [0.25, 0.3) is 16.9 Å². The molecule has 4 aromatic heterocycles. The SMILES string of the molecule is Cc1cccc(CC2COc3cc(-c4ccnc(Nc5ccnn5C)n4)cc4nnc2n34)c1. The number of anilines is 2. The van der Waals surface area contributed by atoms with Crippen LogP contribution in [0, 0.1) is 6.92 Å². The van der Waals surface area contributed by atoms with Gasteiger partial charge in [0, 0.05) is 30.9 Å². The molecule has 1 aliphatic rings. The quantitative estimate of drug-likeness (QED) is 0.447. The molecule has 0 radical (unpaired) electrons. The summed E-state index contributed by atoms with van der Waals surface area (Å²) in [4.78, 5) is 9.00. The third kappa shape index (κ3) is 3.57. The summed E-state index contributed by atoms with van der Waals surface area (Å²) in [6, 6.07) is 16.3. The van der Waals surface area contributed by atoms with Gasteiger partial charge >= 0.3 is 0 Å². The Hall–Kier alpha value is -4.27. The number of nitrogens with one attached hydrogen (secondary N) is 1. The smallest absolute Gasteiger partial charge is 0.228 e. The highest BCUT2D eigenvalue weighted by atomic mass is 16.5. The molecule has 0 fully saturated rings. The normalized spacial score (nSPS) is 14.9. The van der Waals surface area contributed by atoms with E-state index in [1.165, 1.54) is 11.1 Å². The number of benzene rings is 1. The van der Waals surface area contributed by atoms with Gasteiger partial charge in [-0.25, -0.2) is 14.4 Å². The van der Waals surface area contributed by atoms with Crippen LogP contribution in [0.2, 0.25) is 0 Å². The lowest BCUT2D eigenvalue weighted by atomic mass is 9.97. The Balaban J connectivity index is 1.32. The van der Waals surface area contributed by atoms with Gasteiger partial charge in [0.05, 0.1) is 17.8 Å². The Morgan fingerprint density at radius 2 is 2.03 bits per heavy atom. The van der Waals surface area contributed by atoms with Crippen LogP contribution in [0.3, 0.4) is 0 Å². The number of rotatable bonds is 5. The van der Waals surface area contributed by atoms with E-state index in [1.54, 1.807) is 17.1 Å². The van der Waals surface area contributed by atoms with E-state index in [0.717, 1.165) is 40.8 Å². The average Bonchev–Trinajstić information content (AvgIpc) is 3.43. The molecular weight excluding hydrogens is 416 g/mol. The molecule has 164 valence electrons. The number of hydrogen-bond donors (Lipinski definition) is 1. The van der Waals surface area contributed by atoms with Crippen molar-refractivity contribution in [1.29, 1.82) is 0 Å². The summed E-state index contributed by atoms with van der Waals surface area (Å²) in [5.74, 6) is 3.10. The van der Waals surface area contributed by atoms with E-state index in [1.807, 2.05) is 35.7 Å². The maximum absolute atomic E-state index is 6.17. The molecule has 6 rings (SSSR count). The van der Waals surface area contributed by atoms with Gasteiger partial charge in [0.2, 0.25) is 11.8 Å². The molecule has 1 aromatic carbocycles. The van der Waals surface area contributed by atoms with Crippen molar-refractivity contribution in [2.45, 2.75) is 19.3 Å². The van der Waals surface area contributed by atoms with E-state index in [2.05, 4.69) is 61.8 Å². The molecule has 0 amide bonds. The van der Waals surface area contributed by atoms with Gasteiger partial charge in [0.15, 0.2) is 5.65 Å².